The zero-order chi connectivity index (χ0) is 14.6. The Labute approximate surface area is 115 Å². The molecule has 0 aliphatic heterocycles. The van der Waals surface area contributed by atoms with Crippen LogP contribution in [0.5, 0.6) is 0 Å². The van der Waals surface area contributed by atoms with E-state index < -0.39 is 16.1 Å². The Kier molecular flexibility index (Phi) is 4.20. The Hall–Kier alpha value is -2.14. The molecule has 1 atom stereocenters. The van der Waals surface area contributed by atoms with E-state index in [1.807, 2.05) is 6.92 Å². The van der Waals surface area contributed by atoms with E-state index in [-0.39, 0.29) is 10.7 Å². The highest BCUT2D eigenvalue weighted by Gasteiger charge is 2.21. The number of H-pyrrole nitrogens is 1. The van der Waals surface area contributed by atoms with Gasteiger partial charge in [-0.3, -0.25) is 0 Å². The van der Waals surface area contributed by atoms with Crippen LogP contribution in [-0.4, -0.2) is 45.6 Å². The highest BCUT2D eigenvalue weighted by atomic mass is 32.2. The van der Waals surface area contributed by atoms with Gasteiger partial charge >= 0.3 is 0 Å². The van der Waals surface area contributed by atoms with Crippen LogP contribution in [0.15, 0.2) is 17.3 Å². The molecule has 11 heteroatoms. The van der Waals surface area contributed by atoms with Crippen molar-refractivity contribution in [1.82, 2.24) is 35.3 Å². The normalized spacial score (nSPS) is 13.1. The van der Waals surface area contributed by atoms with Gasteiger partial charge in [0.15, 0.2) is 5.82 Å². The lowest BCUT2D eigenvalue weighted by molar-refractivity contribution is 0.559. The third-order valence-electron chi connectivity index (χ3n) is 2.35. The second kappa shape index (κ2) is 5.88. The Balaban J connectivity index is 2.13. The third-order valence-corrected chi connectivity index (χ3v) is 3.85. The lowest BCUT2D eigenvalue weighted by Gasteiger charge is -2.10. The number of hydrogen-bond donors (Lipinski definition) is 3. The molecule has 0 aliphatic carbocycles. The maximum Gasteiger partial charge on any atom is 0.244 e. The Morgan fingerprint density at radius 3 is 2.60 bits per heavy atom. The van der Waals surface area contributed by atoms with Gasteiger partial charge in [-0.1, -0.05) is 5.21 Å². The molecular formula is C9H14N8O2S. The Bertz CT molecular complexity index is 639. The molecule has 0 fully saturated rings. The highest BCUT2D eigenvalue weighted by molar-refractivity contribution is 7.89. The van der Waals surface area contributed by atoms with E-state index in [4.69, 9.17) is 0 Å². The third kappa shape index (κ3) is 3.24. The number of tetrazole rings is 1. The Morgan fingerprint density at radius 1 is 1.35 bits per heavy atom. The highest BCUT2D eigenvalue weighted by Crippen LogP contribution is 2.12. The fourth-order valence-corrected chi connectivity index (χ4v) is 2.50. The second-order valence-corrected chi connectivity index (χ2v) is 5.60. The van der Waals surface area contributed by atoms with Crippen LogP contribution in [0.1, 0.15) is 25.7 Å². The second-order valence-electron chi connectivity index (χ2n) is 3.89. The summed E-state index contributed by atoms with van der Waals surface area (Å²) in [4.78, 5) is 7.79. The number of nitrogens with zero attached hydrogens (tertiary/aromatic N) is 5. The first-order valence-electron chi connectivity index (χ1n) is 5.84. The molecule has 10 nitrogen and oxygen atoms in total. The van der Waals surface area contributed by atoms with E-state index in [0.717, 1.165) is 0 Å². The average Bonchev–Trinajstić information content (AvgIpc) is 2.93. The number of anilines is 1. The maximum absolute atomic E-state index is 12.1. The first-order chi connectivity index (χ1) is 9.53. The van der Waals surface area contributed by atoms with Gasteiger partial charge in [-0.25, -0.2) is 23.1 Å². The Morgan fingerprint density at radius 2 is 2.05 bits per heavy atom. The minimum Gasteiger partial charge on any atom is -0.355 e. The number of aromatic nitrogens is 6. The van der Waals surface area contributed by atoms with E-state index in [9.17, 15) is 8.42 Å². The van der Waals surface area contributed by atoms with Crippen LogP contribution in [0.3, 0.4) is 0 Å². The number of nitrogens with one attached hydrogen (secondary N) is 3. The van der Waals surface area contributed by atoms with Crippen LogP contribution in [0, 0.1) is 0 Å². The fraction of sp³-hybridized carbons (Fsp3) is 0.444. The van der Waals surface area contributed by atoms with Crippen molar-refractivity contribution in [3.63, 3.8) is 0 Å². The first kappa shape index (κ1) is 14.3. The molecule has 1 unspecified atom stereocenters. The molecule has 0 amide bonds. The van der Waals surface area contributed by atoms with Crippen LogP contribution < -0.4 is 10.0 Å². The molecule has 0 radical (unpaired) electrons. The molecule has 0 saturated heterocycles. The maximum atomic E-state index is 12.1. The monoisotopic (exact) mass is 298 g/mol. The number of hydrogen-bond acceptors (Lipinski definition) is 8. The summed E-state index contributed by atoms with van der Waals surface area (Å²) in [6, 6.07) is -0.618. The molecule has 0 spiro atoms. The zero-order valence-corrected chi connectivity index (χ0v) is 11.7. The van der Waals surface area contributed by atoms with E-state index in [2.05, 4.69) is 40.6 Å². The molecule has 0 aliphatic rings. The minimum atomic E-state index is -3.74. The number of aromatic amines is 1. The summed E-state index contributed by atoms with van der Waals surface area (Å²) in [7, 11) is -3.74. The van der Waals surface area contributed by atoms with Crippen LogP contribution in [-0.2, 0) is 10.0 Å². The predicted molar refractivity (Wildman–Crippen MR) is 69.1 cm³/mol. The summed E-state index contributed by atoms with van der Waals surface area (Å²) in [5, 5.41) is 15.9. The summed E-state index contributed by atoms with van der Waals surface area (Å²) in [5.74, 6) is 0.622. The van der Waals surface area contributed by atoms with Crippen LogP contribution in [0.4, 0.5) is 5.95 Å². The van der Waals surface area contributed by atoms with E-state index >= 15 is 0 Å². The SMILES string of the molecule is CCNc1ncc(S(=O)(=O)NC(C)c2nn[nH]n2)cn1. The van der Waals surface area contributed by atoms with Gasteiger partial charge in [0, 0.05) is 6.54 Å². The summed E-state index contributed by atoms with van der Waals surface area (Å²) in [6.07, 6.45) is 2.46. The van der Waals surface area contributed by atoms with Gasteiger partial charge in [-0.15, -0.1) is 10.2 Å². The summed E-state index contributed by atoms with van der Waals surface area (Å²) in [6.45, 7) is 4.15. The lowest BCUT2D eigenvalue weighted by atomic mass is 10.4. The quantitative estimate of drug-likeness (QED) is 0.646. The van der Waals surface area contributed by atoms with Crippen LogP contribution in [0.2, 0.25) is 0 Å². The fourth-order valence-electron chi connectivity index (χ4n) is 1.41. The topological polar surface area (TPSA) is 138 Å². The largest absolute Gasteiger partial charge is 0.355 e. The van der Waals surface area contributed by atoms with Crippen molar-refractivity contribution in [2.75, 3.05) is 11.9 Å². The molecule has 2 aromatic rings. The van der Waals surface area contributed by atoms with E-state index in [0.29, 0.717) is 12.5 Å². The number of rotatable bonds is 6. The summed E-state index contributed by atoms with van der Waals surface area (Å²) >= 11 is 0. The molecule has 0 aromatic carbocycles. The molecule has 3 N–H and O–H groups in total. The smallest absolute Gasteiger partial charge is 0.244 e. The van der Waals surface area contributed by atoms with Crippen molar-refractivity contribution in [2.24, 2.45) is 0 Å². The molecule has 0 bridgehead atoms. The first-order valence-corrected chi connectivity index (χ1v) is 7.33. The minimum absolute atomic E-state index is 0.0329. The van der Waals surface area contributed by atoms with Crippen molar-refractivity contribution < 1.29 is 8.42 Å². The van der Waals surface area contributed by atoms with E-state index in [1.165, 1.54) is 12.4 Å². The molecule has 2 rings (SSSR count). The van der Waals surface area contributed by atoms with Gasteiger partial charge in [0.2, 0.25) is 16.0 Å². The summed E-state index contributed by atoms with van der Waals surface area (Å²) < 4.78 is 26.6. The molecule has 0 saturated carbocycles. The summed E-state index contributed by atoms with van der Waals surface area (Å²) in [5.41, 5.74) is 0. The van der Waals surface area contributed by atoms with Gasteiger partial charge in [-0.05, 0) is 13.8 Å². The van der Waals surface area contributed by atoms with Crippen LogP contribution >= 0.6 is 0 Å². The van der Waals surface area contributed by atoms with Crippen LogP contribution in [0.25, 0.3) is 0 Å². The van der Waals surface area contributed by atoms with Crippen molar-refractivity contribution >= 4 is 16.0 Å². The van der Waals surface area contributed by atoms with Crippen molar-refractivity contribution in [2.45, 2.75) is 24.8 Å². The van der Waals surface area contributed by atoms with Gasteiger partial charge in [0.05, 0.1) is 18.4 Å². The average molecular weight is 298 g/mol. The van der Waals surface area contributed by atoms with Gasteiger partial charge in [0.1, 0.15) is 4.90 Å². The standard InChI is InChI=1S/C9H14N8O2S/c1-3-10-9-11-4-7(5-12-9)20(18,19)15-6(2)8-13-16-17-14-8/h4-6,15H,3H2,1-2H3,(H,10,11,12)(H,13,14,16,17). The number of sulfonamides is 1. The lowest BCUT2D eigenvalue weighted by Crippen LogP contribution is -2.28. The molecular weight excluding hydrogens is 284 g/mol. The predicted octanol–water partition coefficient (Wildman–Crippen LogP) is -0.539. The van der Waals surface area contributed by atoms with E-state index in [1.54, 1.807) is 6.92 Å². The van der Waals surface area contributed by atoms with Gasteiger partial charge in [-0.2, -0.15) is 5.21 Å². The van der Waals surface area contributed by atoms with Gasteiger partial charge < -0.3 is 5.32 Å². The molecule has 2 aromatic heterocycles. The molecule has 108 valence electrons. The molecule has 2 heterocycles. The zero-order valence-electron chi connectivity index (χ0n) is 10.9. The molecule has 20 heavy (non-hydrogen) atoms. The van der Waals surface area contributed by atoms with Crippen molar-refractivity contribution in [3.05, 3.63) is 18.2 Å². The van der Waals surface area contributed by atoms with Crippen molar-refractivity contribution in [3.8, 4) is 0 Å². The van der Waals surface area contributed by atoms with Crippen molar-refractivity contribution in [1.29, 1.82) is 0 Å². The van der Waals surface area contributed by atoms with Gasteiger partial charge in [0.25, 0.3) is 0 Å².